The number of rotatable bonds is 5. The van der Waals surface area contributed by atoms with Gasteiger partial charge in [-0.25, -0.2) is 4.79 Å². The maximum absolute atomic E-state index is 12.8. The van der Waals surface area contributed by atoms with E-state index in [2.05, 4.69) is 72.7 Å². The van der Waals surface area contributed by atoms with Crippen LogP contribution in [0.4, 0.5) is 10.5 Å². The van der Waals surface area contributed by atoms with Crippen LogP contribution >= 0.6 is 0 Å². The van der Waals surface area contributed by atoms with Crippen LogP contribution < -0.4 is 15.4 Å². The lowest BCUT2D eigenvalue weighted by atomic mass is 9.85. The molecule has 2 amide bonds. The molecule has 0 radical (unpaired) electrons. The molecule has 0 fully saturated rings. The minimum atomic E-state index is -0.248. The van der Waals surface area contributed by atoms with Crippen LogP contribution in [0.15, 0.2) is 55.0 Å². The molecular formula is C27H33N7O2. The Morgan fingerprint density at radius 1 is 1.06 bits per heavy atom. The highest BCUT2D eigenvalue weighted by Gasteiger charge is 2.29. The molecule has 5 rings (SSSR count). The molecule has 1 aliphatic carbocycles. The van der Waals surface area contributed by atoms with Crippen LogP contribution in [0.5, 0.6) is 5.75 Å². The molecule has 9 nitrogen and oxygen atoms in total. The van der Waals surface area contributed by atoms with Gasteiger partial charge in [0.15, 0.2) is 5.65 Å². The van der Waals surface area contributed by atoms with Gasteiger partial charge in [-0.1, -0.05) is 38.1 Å². The van der Waals surface area contributed by atoms with E-state index >= 15 is 0 Å². The molecule has 0 aliphatic heterocycles. The normalized spacial score (nSPS) is 17.7. The van der Waals surface area contributed by atoms with Gasteiger partial charge >= 0.3 is 6.03 Å². The number of ether oxygens (including phenoxy) is 1. The predicted octanol–water partition coefficient (Wildman–Crippen LogP) is 5.58. The number of carbonyl (C=O) groups excluding carboxylic acids is 1. The monoisotopic (exact) mass is 487 g/mol. The molecular weight excluding hydrogens is 454 g/mol. The Morgan fingerprint density at radius 2 is 1.83 bits per heavy atom. The Balaban J connectivity index is 1.30. The van der Waals surface area contributed by atoms with E-state index in [1.165, 1.54) is 0 Å². The number of anilines is 1. The van der Waals surface area contributed by atoms with Crippen LogP contribution in [0, 0.1) is 0 Å². The van der Waals surface area contributed by atoms with Crippen molar-refractivity contribution < 1.29 is 9.53 Å². The predicted molar refractivity (Wildman–Crippen MR) is 138 cm³/mol. The SMILES string of the molecule is CC(C)c1nnc2ccc(O[C@H]3CC[C@H](NC(=O)Nc4cnn(C(C)(C)C)c4)c4ccccc43)cn12. The molecule has 1 aromatic carbocycles. The molecule has 2 N–H and O–H groups in total. The Hall–Kier alpha value is -3.88. The number of carbonyl (C=O) groups is 1. The zero-order valence-corrected chi connectivity index (χ0v) is 21.4. The van der Waals surface area contributed by atoms with Gasteiger partial charge in [0.25, 0.3) is 0 Å². The van der Waals surface area contributed by atoms with E-state index in [0.717, 1.165) is 41.2 Å². The van der Waals surface area contributed by atoms with Crippen LogP contribution in [0.25, 0.3) is 5.65 Å². The van der Waals surface area contributed by atoms with Crippen molar-refractivity contribution in [1.29, 1.82) is 0 Å². The lowest BCUT2D eigenvalue weighted by Gasteiger charge is -2.32. The van der Waals surface area contributed by atoms with Crippen LogP contribution in [-0.2, 0) is 5.54 Å². The van der Waals surface area contributed by atoms with E-state index in [1.807, 2.05) is 45.7 Å². The molecule has 2 atom stereocenters. The molecule has 1 aliphatic rings. The molecule has 3 heterocycles. The number of amides is 2. The number of fused-ring (bicyclic) bond motifs is 2. The Bertz CT molecular complexity index is 1380. The summed E-state index contributed by atoms with van der Waals surface area (Å²) in [7, 11) is 0. The summed E-state index contributed by atoms with van der Waals surface area (Å²) in [6, 6.07) is 11.7. The van der Waals surface area contributed by atoms with Crippen molar-refractivity contribution in [2.75, 3.05) is 5.32 Å². The number of nitrogens with one attached hydrogen (secondary N) is 2. The van der Waals surface area contributed by atoms with Crippen LogP contribution in [0.2, 0.25) is 0 Å². The molecule has 0 saturated carbocycles. The minimum Gasteiger partial charge on any atom is -0.484 e. The molecule has 0 bridgehead atoms. The van der Waals surface area contributed by atoms with Crippen LogP contribution in [-0.4, -0.2) is 30.4 Å². The first-order valence-corrected chi connectivity index (χ1v) is 12.4. The highest BCUT2D eigenvalue weighted by Crippen LogP contribution is 2.39. The van der Waals surface area contributed by atoms with Crippen molar-refractivity contribution in [2.24, 2.45) is 0 Å². The largest absolute Gasteiger partial charge is 0.484 e. The zero-order chi connectivity index (χ0) is 25.4. The molecule has 0 saturated heterocycles. The van der Waals surface area contributed by atoms with Crippen molar-refractivity contribution in [3.8, 4) is 5.75 Å². The standard InChI is InChI=1S/C27H33N7O2/c1-17(2)25-32-31-24-13-10-19(16-33(24)25)36-23-12-11-22(20-8-6-7-9-21(20)23)30-26(35)29-18-14-28-34(15-18)27(3,4)5/h6-10,13-17,22-23H,11-12H2,1-5H3,(H2,29,30,35)/t22-,23-/m0/s1. The maximum Gasteiger partial charge on any atom is 0.319 e. The van der Waals surface area contributed by atoms with Crippen molar-refractivity contribution in [1.82, 2.24) is 29.7 Å². The van der Waals surface area contributed by atoms with Crippen molar-refractivity contribution >= 4 is 17.4 Å². The van der Waals surface area contributed by atoms with Crippen molar-refractivity contribution in [3.05, 3.63) is 71.9 Å². The van der Waals surface area contributed by atoms with Crippen molar-refractivity contribution in [3.63, 3.8) is 0 Å². The van der Waals surface area contributed by atoms with Gasteiger partial charge in [-0.05, 0) is 56.9 Å². The molecule has 4 aromatic rings. The average Bonchev–Trinajstić information content (AvgIpc) is 3.47. The number of hydrogen-bond acceptors (Lipinski definition) is 5. The first-order chi connectivity index (χ1) is 17.2. The highest BCUT2D eigenvalue weighted by molar-refractivity contribution is 5.89. The third kappa shape index (κ3) is 4.78. The third-order valence-corrected chi connectivity index (χ3v) is 6.47. The van der Waals surface area contributed by atoms with Gasteiger partial charge in [-0.2, -0.15) is 5.10 Å². The lowest BCUT2D eigenvalue weighted by Crippen LogP contribution is -2.35. The first kappa shape index (κ1) is 23.8. The van der Waals surface area contributed by atoms with E-state index < -0.39 is 0 Å². The number of pyridine rings is 1. The fraction of sp³-hybridized carbons (Fsp3) is 0.407. The van der Waals surface area contributed by atoms with Gasteiger partial charge in [0, 0.05) is 12.1 Å². The van der Waals surface area contributed by atoms with Crippen LogP contribution in [0.3, 0.4) is 0 Å². The summed E-state index contributed by atoms with van der Waals surface area (Å²) in [5, 5.41) is 19.0. The minimum absolute atomic E-state index is 0.105. The van der Waals surface area contributed by atoms with Gasteiger partial charge < -0.3 is 15.4 Å². The van der Waals surface area contributed by atoms with E-state index in [0.29, 0.717) is 5.69 Å². The molecule has 36 heavy (non-hydrogen) atoms. The second-order valence-electron chi connectivity index (χ2n) is 10.6. The van der Waals surface area contributed by atoms with E-state index in [1.54, 1.807) is 6.20 Å². The molecule has 0 spiro atoms. The van der Waals surface area contributed by atoms with Gasteiger partial charge in [0.05, 0.1) is 29.7 Å². The number of benzene rings is 1. The second kappa shape index (κ2) is 9.29. The topological polar surface area (TPSA) is 98.4 Å². The summed E-state index contributed by atoms with van der Waals surface area (Å²) < 4.78 is 10.3. The molecule has 3 aromatic heterocycles. The lowest BCUT2D eigenvalue weighted by molar-refractivity contribution is 0.171. The average molecular weight is 488 g/mol. The fourth-order valence-electron chi connectivity index (χ4n) is 4.62. The highest BCUT2D eigenvalue weighted by atomic mass is 16.5. The van der Waals surface area contributed by atoms with E-state index in [9.17, 15) is 4.79 Å². The van der Waals surface area contributed by atoms with E-state index in [4.69, 9.17) is 4.74 Å². The van der Waals surface area contributed by atoms with E-state index in [-0.39, 0.29) is 29.6 Å². The summed E-state index contributed by atoms with van der Waals surface area (Å²) in [6.07, 6.45) is 6.91. The molecule has 9 heteroatoms. The van der Waals surface area contributed by atoms with Gasteiger partial charge in [0.2, 0.25) is 0 Å². The van der Waals surface area contributed by atoms with Gasteiger partial charge in [-0.3, -0.25) is 9.08 Å². The Morgan fingerprint density at radius 3 is 2.56 bits per heavy atom. The summed E-state index contributed by atoms with van der Waals surface area (Å²) in [6.45, 7) is 10.4. The van der Waals surface area contributed by atoms with Crippen molar-refractivity contribution in [2.45, 2.75) is 71.1 Å². The van der Waals surface area contributed by atoms with Crippen LogP contribution in [0.1, 0.15) is 82.5 Å². The number of hydrogen-bond donors (Lipinski definition) is 2. The quantitative estimate of drug-likeness (QED) is 0.383. The first-order valence-electron chi connectivity index (χ1n) is 12.4. The molecule has 0 unspecified atom stereocenters. The Kier molecular flexibility index (Phi) is 6.15. The maximum atomic E-state index is 12.8. The molecule has 188 valence electrons. The summed E-state index contributed by atoms with van der Waals surface area (Å²) in [5.41, 5.74) is 3.48. The second-order valence-corrected chi connectivity index (χ2v) is 10.6. The fourth-order valence-corrected chi connectivity index (χ4v) is 4.62. The number of aromatic nitrogens is 5. The summed E-state index contributed by atoms with van der Waals surface area (Å²) in [4.78, 5) is 12.8. The van der Waals surface area contributed by atoms with Gasteiger partial charge in [0.1, 0.15) is 17.7 Å². The zero-order valence-electron chi connectivity index (χ0n) is 21.4. The van der Waals surface area contributed by atoms with Gasteiger partial charge in [-0.15, -0.1) is 10.2 Å². The number of urea groups is 1. The Labute approximate surface area is 210 Å². The smallest absolute Gasteiger partial charge is 0.319 e. The third-order valence-electron chi connectivity index (χ3n) is 6.47. The summed E-state index contributed by atoms with van der Waals surface area (Å²) in [5.74, 6) is 1.93. The number of nitrogens with zero attached hydrogens (tertiary/aromatic N) is 5. The summed E-state index contributed by atoms with van der Waals surface area (Å²) >= 11 is 0.